The number of anilines is 1. The van der Waals surface area contributed by atoms with Crippen LogP contribution in [0.15, 0.2) is 12.1 Å². The Labute approximate surface area is 117 Å². The predicted octanol–water partition coefficient (Wildman–Crippen LogP) is 3.17. The molecular weight excluding hydrogens is 265 g/mol. The molecule has 2 aliphatic rings. The lowest BCUT2D eigenvalue weighted by Gasteiger charge is -2.36. The van der Waals surface area contributed by atoms with Crippen molar-refractivity contribution in [3.8, 4) is 0 Å². The van der Waals surface area contributed by atoms with Crippen LogP contribution in [0.1, 0.15) is 25.7 Å². The summed E-state index contributed by atoms with van der Waals surface area (Å²) in [5.74, 6) is -2.46. The molecule has 2 fully saturated rings. The predicted molar refractivity (Wildman–Crippen MR) is 72.4 cm³/mol. The first-order chi connectivity index (χ1) is 9.65. The molecule has 0 spiro atoms. The van der Waals surface area contributed by atoms with Crippen LogP contribution in [-0.2, 0) is 0 Å². The lowest BCUT2D eigenvalue weighted by atomic mass is 10.0. The Kier molecular flexibility index (Phi) is 3.87. The molecule has 0 saturated carbocycles. The molecule has 2 saturated heterocycles. The Bertz CT molecular complexity index is 469. The summed E-state index contributed by atoms with van der Waals surface area (Å²) < 4.78 is 40.9. The lowest BCUT2D eigenvalue weighted by molar-refractivity contribution is 0.162. The van der Waals surface area contributed by atoms with Gasteiger partial charge >= 0.3 is 0 Å². The van der Waals surface area contributed by atoms with E-state index in [4.69, 9.17) is 0 Å². The van der Waals surface area contributed by atoms with E-state index >= 15 is 0 Å². The van der Waals surface area contributed by atoms with Crippen LogP contribution in [0.3, 0.4) is 0 Å². The van der Waals surface area contributed by atoms with Crippen LogP contribution < -0.4 is 4.90 Å². The highest BCUT2D eigenvalue weighted by molar-refractivity contribution is 5.49. The fraction of sp³-hybridized carbons (Fsp3) is 0.600. The van der Waals surface area contributed by atoms with E-state index in [1.807, 2.05) is 0 Å². The molecule has 20 heavy (non-hydrogen) atoms. The average molecular weight is 284 g/mol. The quantitative estimate of drug-likeness (QED) is 0.781. The third-order valence-corrected chi connectivity index (χ3v) is 4.35. The molecule has 2 nitrogen and oxygen atoms in total. The first kappa shape index (κ1) is 13.7. The van der Waals surface area contributed by atoms with Crippen molar-refractivity contribution in [2.24, 2.45) is 0 Å². The van der Waals surface area contributed by atoms with Gasteiger partial charge in [0.15, 0.2) is 11.6 Å². The molecule has 110 valence electrons. The molecule has 2 heterocycles. The van der Waals surface area contributed by atoms with Crippen molar-refractivity contribution in [3.63, 3.8) is 0 Å². The van der Waals surface area contributed by atoms with Gasteiger partial charge in [0.1, 0.15) is 11.5 Å². The zero-order chi connectivity index (χ0) is 14.1. The minimum absolute atomic E-state index is 0.0705. The summed E-state index contributed by atoms with van der Waals surface area (Å²) in [6, 6.07) is 1.89. The maximum Gasteiger partial charge on any atom is 0.152 e. The van der Waals surface area contributed by atoms with Crippen LogP contribution in [0.5, 0.6) is 0 Å². The molecular formula is C15H19F3N2. The molecule has 1 aromatic rings. The summed E-state index contributed by atoms with van der Waals surface area (Å²) in [6.45, 7) is 3.30. The zero-order valence-electron chi connectivity index (χ0n) is 11.4. The van der Waals surface area contributed by atoms with Crippen LogP contribution in [0.25, 0.3) is 0 Å². The summed E-state index contributed by atoms with van der Waals surface area (Å²) >= 11 is 0. The van der Waals surface area contributed by atoms with E-state index < -0.39 is 17.5 Å². The van der Waals surface area contributed by atoms with E-state index in [0.717, 1.165) is 38.1 Å². The number of nitrogens with zero attached hydrogens (tertiary/aromatic N) is 2. The smallest absolute Gasteiger partial charge is 0.152 e. The Morgan fingerprint density at radius 2 is 1.60 bits per heavy atom. The summed E-state index contributed by atoms with van der Waals surface area (Å²) in [7, 11) is 0. The molecule has 2 aliphatic heterocycles. The average Bonchev–Trinajstić information content (AvgIpc) is 2.59. The van der Waals surface area contributed by atoms with E-state index in [2.05, 4.69) is 4.90 Å². The minimum Gasteiger partial charge on any atom is -0.365 e. The second kappa shape index (κ2) is 5.64. The van der Waals surface area contributed by atoms with Gasteiger partial charge in [-0.25, -0.2) is 13.2 Å². The second-order valence-corrected chi connectivity index (χ2v) is 5.70. The van der Waals surface area contributed by atoms with Gasteiger partial charge in [-0.2, -0.15) is 0 Å². The van der Waals surface area contributed by atoms with Crippen LogP contribution in [0.2, 0.25) is 0 Å². The molecule has 0 bridgehead atoms. The van der Waals surface area contributed by atoms with Crippen LogP contribution in [0, 0.1) is 17.5 Å². The second-order valence-electron chi connectivity index (χ2n) is 5.70. The number of hydrogen-bond acceptors (Lipinski definition) is 2. The highest BCUT2D eigenvalue weighted by Gasteiger charge is 2.29. The fourth-order valence-corrected chi connectivity index (χ4v) is 3.41. The minimum atomic E-state index is -0.863. The normalized spacial score (nSPS) is 24.4. The van der Waals surface area contributed by atoms with E-state index in [-0.39, 0.29) is 5.69 Å². The van der Waals surface area contributed by atoms with Gasteiger partial charge in [0.05, 0.1) is 0 Å². The first-order valence-corrected chi connectivity index (χ1v) is 7.28. The van der Waals surface area contributed by atoms with Crippen molar-refractivity contribution in [2.75, 3.05) is 31.1 Å². The Hall–Kier alpha value is -1.23. The highest BCUT2D eigenvalue weighted by Crippen LogP contribution is 2.29. The largest absolute Gasteiger partial charge is 0.365 e. The van der Waals surface area contributed by atoms with Crippen molar-refractivity contribution in [1.29, 1.82) is 0 Å². The van der Waals surface area contributed by atoms with Crippen molar-refractivity contribution in [2.45, 2.75) is 31.7 Å². The molecule has 0 amide bonds. The van der Waals surface area contributed by atoms with Gasteiger partial charge in [-0.3, -0.25) is 4.90 Å². The Morgan fingerprint density at radius 3 is 2.35 bits per heavy atom. The van der Waals surface area contributed by atoms with Crippen molar-refractivity contribution < 1.29 is 13.2 Å². The highest BCUT2D eigenvalue weighted by atomic mass is 19.1. The Balaban J connectivity index is 1.86. The standard InChI is InChI=1S/C15H19F3N2/c16-11-8-13(17)15(14(18)9-11)20-7-3-6-19-5-2-1-4-12(19)10-20/h8-9,12H,1-7,10H2. The third kappa shape index (κ3) is 2.64. The number of piperidine rings is 1. The summed E-state index contributed by atoms with van der Waals surface area (Å²) in [5.41, 5.74) is -0.0705. The third-order valence-electron chi connectivity index (χ3n) is 4.35. The molecule has 0 N–H and O–H groups in total. The maximum atomic E-state index is 13.9. The van der Waals surface area contributed by atoms with Gasteiger partial charge in [0.2, 0.25) is 0 Å². The van der Waals surface area contributed by atoms with Gasteiger partial charge in [0, 0.05) is 37.8 Å². The number of benzene rings is 1. The van der Waals surface area contributed by atoms with E-state index in [1.165, 1.54) is 12.8 Å². The van der Waals surface area contributed by atoms with Gasteiger partial charge in [-0.1, -0.05) is 6.42 Å². The molecule has 1 unspecified atom stereocenters. The molecule has 1 aromatic carbocycles. The molecule has 0 aromatic heterocycles. The first-order valence-electron chi connectivity index (χ1n) is 7.28. The van der Waals surface area contributed by atoms with E-state index in [0.29, 0.717) is 19.1 Å². The van der Waals surface area contributed by atoms with Crippen molar-refractivity contribution in [3.05, 3.63) is 29.6 Å². The summed E-state index contributed by atoms with van der Waals surface area (Å²) in [6.07, 6.45) is 4.33. The van der Waals surface area contributed by atoms with Gasteiger partial charge in [0.25, 0.3) is 0 Å². The molecule has 0 radical (unpaired) electrons. The molecule has 5 heteroatoms. The van der Waals surface area contributed by atoms with Crippen molar-refractivity contribution >= 4 is 5.69 Å². The van der Waals surface area contributed by atoms with Crippen LogP contribution in [0.4, 0.5) is 18.9 Å². The van der Waals surface area contributed by atoms with Gasteiger partial charge in [-0.15, -0.1) is 0 Å². The van der Waals surface area contributed by atoms with Gasteiger partial charge in [-0.05, 0) is 25.8 Å². The zero-order valence-corrected chi connectivity index (χ0v) is 11.4. The SMILES string of the molecule is Fc1cc(F)c(N2CCCN3CCCCC3C2)c(F)c1. The lowest BCUT2D eigenvalue weighted by Crippen LogP contribution is -2.44. The van der Waals surface area contributed by atoms with Gasteiger partial charge < -0.3 is 4.90 Å². The van der Waals surface area contributed by atoms with Crippen molar-refractivity contribution in [1.82, 2.24) is 4.90 Å². The maximum absolute atomic E-state index is 13.9. The van der Waals surface area contributed by atoms with E-state index in [9.17, 15) is 13.2 Å². The van der Waals surface area contributed by atoms with E-state index in [1.54, 1.807) is 4.90 Å². The number of halogens is 3. The number of hydrogen-bond donors (Lipinski definition) is 0. The number of fused-ring (bicyclic) bond motifs is 1. The molecule has 3 rings (SSSR count). The Morgan fingerprint density at radius 1 is 0.900 bits per heavy atom. The fourth-order valence-electron chi connectivity index (χ4n) is 3.41. The molecule has 0 aliphatic carbocycles. The molecule has 1 atom stereocenters. The topological polar surface area (TPSA) is 6.48 Å². The summed E-state index contributed by atoms with van der Waals surface area (Å²) in [4.78, 5) is 4.17. The van der Waals surface area contributed by atoms with Crippen LogP contribution in [-0.4, -0.2) is 37.1 Å². The number of rotatable bonds is 1. The monoisotopic (exact) mass is 284 g/mol. The van der Waals surface area contributed by atoms with Crippen LogP contribution >= 0.6 is 0 Å². The summed E-state index contributed by atoms with van der Waals surface area (Å²) in [5, 5.41) is 0.